The molecule has 0 unspecified atom stereocenters. The molecule has 3 aromatic rings. The molecule has 0 N–H and O–H groups in total. The Bertz CT molecular complexity index is 1050. The Balaban J connectivity index is 1.53. The van der Waals surface area contributed by atoms with Gasteiger partial charge in [-0.25, -0.2) is 4.68 Å². The van der Waals surface area contributed by atoms with Crippen molar-refractivity contribution >= 4 is 17.8 Å². The summed E-state index contributed by atoms with van der Waals surface area (Å²) < 4.78 is 10.1. The van der Waals surface area contributed by atoms with Crippen LogP contribution < -0.4 is 4.74 Å². The van der Waals surface area contributed by atoms with Crippen molar-refractivity contribution in [2.75, 3.05) is 20.2 Å². The van der Waals surface area contributed by atoms with E-state index in [1.165, 1.54) is 11.1 Å². The quantitative estimate of drug-likeness (QED) is 0.548. The minimum Gasteiger partial charge on any atom is -0.497 e. The van der Waals surface area contributed by atoms with Gasteiger partial charge in [-0.05, 0) is 61.0 Å². The molecule has 0 atom stereocenters. The van der Waals surface area contributed by atoms with Crippen LogP contribution in [0.3, 0.4) is 0 Å². The van der Waals surface area contributed by atoms with Gasteiger partial charge in [-0.1, -0.05) is 36.4 Å². The van der Waals surface area contributed by atoms with Crippen LogP contribution in [-0.2, 0) is 13.2 Å². The molecule has 0 radical (unpaired) electrons. The van der Waals surface area contributed by atoms with Crippen LogP contribution in [0, 0.1) is 4.77 Å². The van der Waals surface area contributed by atoms with Crippen LogP contribution in [0.2, 0.25) is 0 Å². The third-order valence-corrected chi connectivity index (χ3v) is 5.79. The van der Waals surface area contributed by atoms with Gasteiger partial charge in [-0.2, -0.15) is 5.10 Å². The van der Waals surface area contributed by atoms with Gasteiger partial charge in [0.1, 0.15) is 5.75 Å². The van der Waals surface area contributed by atoms with E-state index in [2.05, 4.69) is 52.8 Å². The van der Waals surface area contributed by atoms with Gasteiger partial charge in [0.2, 0.25) is 0 Å². The van der Waals surface area contributed by atoms with Crippen molar-refractivity contribution in [1.29, 1.82) is 0 Å². The summed E-state index contributed by atoms with van der Waals surface area (Å²) in [5.41, 5.74) is 3.78. The summed E-state index contributed by atoms with van der Waals surface area (Å²) >= 11 is 5.73. The molecular weight excluding hydrogens is 380 g/mol. The molecule has 0 spiro atoms. The van der Waals surface area contributed by atoms with Gasteiger partial charge in [0.05, 0.1) is 13.8 Å². The smallest absolute Gasteiger partial charge is 0.199 e. The Morgan fingerprint density at radius 2 is 1.79 bits per heavy atom. The summed E-state index contributed by atoms with van der Waals surface area (Å²) in [6, 6.07) is 18.6. The number of nitrogens with zero attached hydrogens (tertiary/aromatic N) is 4. The highest BCUT2D eigenvalue weighted by molar-refractivity contribution is 7.71. The first kappa shape index (κ1) is 19.6. The van der Waals surface area contributed by atoms with Crippen molar-refractivity contribution in [3.63, 3.8) is 0 Å². The second-order valence-electron chi connectivity index (χ2n) is 7.14. The van der Waals surface area contributed by atoms with E-state index in [-0.39, 0.29) is 0 Å². The average molecular weight is 407 g/mol. The fourth-order valence-electron chi connectivity index (χ4n) is 3.72. The predicted molar refractivity (Wildman–Crippen MR) is 119 cm³/mol. The summed E-state index contributed by atoms with van der Waals surface area (Å²) in [5, 5.41) is 4.85. The van der Waals surface area contributed by atoms with Crippen molar-refractivity contribution < 1.29 is 4.74 Å². The molecule has 5 nitrogen and oxygen atoms in total. The van der Waals surface area contributed by atoms with Crippen LogP contribution in [0.1, 0.15) is 18.9 Å². The van der Waals surface area contributed by atoms with Crippen molar-refractivity contribution in [3.05, 3.63) is 71.0 Å². The lowest BCUT2D eigenvalue weighted by molar-refractivity contribution is 0.226. The highest BCUT2D eigenvalue weighted by Crippen LogP contribution is 2.24. The van der Waals surface area contributed by atoms with Crippen LogP contribution in [0.4, 0.5) is 0 Å². The Morgan fingerprint density at radius 3 is 2.41 bits per heavy atom. The van der Waals surface area contributed by atoms with Crippen molar-refractivity contribution in [2.45, 2.75) is 26.6 Å². The third-order valence-electron chi connectivity index (χ3n) is 5.36. The second kappa shape index (κ2) is 8.76. The number of hydrogen-bond donors (Lipinski definition) is 0. The highest BCUT2D eigenvalue weighted by atomic mass is 32.1. The molecule has 6 heteroatoms. The van der Waals surface area contributed by atoms with E-state index in [1.807, 2.05) is 28.9 Å². The minimum absolute atomic E-state index is 0.702. The molecule has 150 valence electrons. The number of rotatable bonds is 6. The zero-order valence-electron chi connectivity index (χ0n) is 16.9. The highest BCUT2D eigenvalue weighted by Gasteiger charge is 2.17. The van der Waals surface area contributed by atoms with Crippen molar-refractivity contribution in [1.82, 2.24) is 19.2 Å². The second-order valence-corrected chi connectivity index (χ2v) is 7.51. The number of benzene rings is 2. The van der Waals surface area contributed by atoms with E-state index in [4.69, 9.17) is 22.1 Å². The van der Waals surface area contributed by atoms with Gasteiger partial charge in [-0.15, -0.1) is 0 Å². The van der Waals surface area contributed by atoms with Gasteiger partial charge >= 0.3 is 0 Å². The van der Waals surface area contributed by atoms with Crippen LogP contribution in [0.5, 0.6) is 5.75 Å². The number of ether oxygens (including phenoxy) is 1. The fraction of sp³-hybridized carbons (Fsp3) is 0.304. The number of hydrogen-bond acceptors (Lipinski definition) is 4. The summed E-state index contributed by atoms with van der Waals surface area (Å²) in [6.45, 7) is 5.50. The average Bonchev–Trinajstić information content (AvgIpc) is 3.10. The Hall–Kier alpha value is -2.70. The SMILES string of the molecule is CCn1c(-c2ccc(OC)cc2)nn(CN2CC=C(c3ccccc3)CC2)c1=S. The Labute approximate surface area is 176 Å². The summed E-state index contributed by atoms with van der Waals surface area (Å²) in [6.07, 6.45) is 3.36. The van der Waals surface area contributed by atoms with Gasteiger partial charge in [0, 0.05) is 25.2 Å². The molecule has 0 fully saturated rings. The van der Waals surface area contributed by atoms with Crippen LogP contribution >= 0.6 is 12.2 Å². The molecule has 2 aromatic carbocycles. The maximum absolute atomic E-state index is 5.73. The first-order chi connectivity index (χ1) is 14.2. The first-order valence-electron chi connectivity index (χ1n) is 9.98. The van der Waals surface area contributed by atoms with Gasteiger partial charge in [0.25, 0.3) is 0 Å². The zero-order valence-corrected chi connectivity index (χ0v) is 17.7. The normalized spacial score (nSPS) is 14.6. The maximum Gasteiger partial charge on any atom is 0.199 e. The molecule has 1 aromatic heterocycles. The third kappa shape index (κ3) is 4.18. The standard InChI is InChI=1S/C23H26N4OS/c1-3-26-22(20-9-11-21(28-2)12-10-20)24-27(23(26)29)17-25-15-13-19(14-16-25)18-7-5-4-6-8-18/h4-13H,3,14-17H2,1-2H3. The summed E-state index contributed by atoms with van der Waals surface area (Å²) in [7, 11) is 1.67. The van der Waals surface area contributed by atoms with Crippen LogP contribution in [-0.4, -0.2) is 39.4 Å². The lowest BCUT2D eigenvalue weighted by atomic mass is 10.00. The van der Waals surface area contributed by atoms with Gasteiger partial charge in [-0.3, -0.25) is 4.90 Å². The molecule has 0 amide bonds. The molecule has 0 aliphatic carbocycles. The van der Waals surface area contributed by atoms with E-state index in [0.717, 1.165) is 48.0 Å². The summed E-state index contributed by atoms with van der Waals surface area (Å²) in [5.74, 6) is 1.74. The first-order valence-corrected chi connectivity index (χ1v) is 10.4. The van der Waals surface area contributed by atoms with Crippen LogP contribution in [0.25, 0.3) is 17.0 Å². The van der Waals surface area contributed by atoms with E-state index in [0.29, 0.717) is 6.67 Å². The molecule has 29 heavy (non-hydrogen) atoms. The maximum atomic E-state index is 5.73. The van der Waals surface area contributed by atoms with Crippen molar-refractivity contribution in [2.24, 2.45) is 0 Å². The van der Waals surface area contributed by atoms with E-state index >= 15 is 0 Å². The topological polar surface area (TPSA) is 35.2 Å². The van der Waals surface area contributed by atoms with Crippen LogP contribution in [0.15, 0.2) is 60.7 Å². The Kier molecular flexibility index (Phi) is 5.92. The molecule has 2 heterocycles. The molecule has 1 aliphatic heterocycles. The van der Waals surface area contributed by atoms with E-state index in [9.17, 15) is 0 Å². The van der Waals surface area contributed by atoms with Gasteiger partial charge < -0.3 is 9.30 Å². The lowest BCUT2D eigenvalue weighted by Gasteiger charge is -2.26. The van der Waals surface area contributed by atoms with E-state index in [1.54, 1.807) is 7.11 Å². The monoisotopic (exact) mass is 406 g/mol. The molecule has 0 saturated carbocycles. The minimum atomic E-state index is 0.702. The molecule has 4 rings (SSSR count). The zero-order chi connectivity index (χ0) is 20.2. The fourth-order valence-corrected chi connectivity index (χ4v) is 4.03. The van der Waals surface area contributed by atoms with Crippen molar-refractivity contribution in [3.8, 4) is 17.1 Å². The van der Waals surface area contributed by atoms with Gasteiger partial charge in [0.15, 0.2) is 10.6 Å². The summed E-state index contributed by atoms with van der Waals surface area (Å²) in [4.78, 5) is 2.38. The van der Waals surface area contributed by atoms with E-state index < -0.39 is 0 Å². The molecule has 0 saturated heterocycles. The number of aromatic nitrogens is 3. The Morgan fingerprint density at radius 1 is 1.03 bits per heavy atom. The predicted octanol–water partition coefficient (Wildman–Crippen LogP) is 4.86. The molecule has 1 aliphatic rings. The molecular formula is C23H26N4OS. The molecule has 0 bridgehead atoms. The largest absolute Gasteiger partial charge is 0.497 e. The number of methoxy groups -OCH3 is 1. The lowest BCUT2D eigenvalue weighted by Crippen LogP contribution is -2.31.